The molecule has 4 N–H and O–H groups in total. The summed E-state index contributed by atoms with van der Waals surface area (Å²) in [5, 5.41) is 11.9. The van der Waals surface area contributed by atoms with Crippen LogP contribution in [0, 0.1) is 0 Å². The van der Waals surface area contributed by atoms with E-state index in [0.717, 1.165) is 25.0 Å². The first kappa shape index (κ1) is 21.7. The highest BCUT2D eigenvalue weighted by Crippen LogP contribution is 2.33. The Kier molecular flexibility index (Phi) is 8.07. The van der Waals surface area contributed by atoms with Crippen molar-refractivity contribution < 1.29 is 19.1 Å². The molecule has 0 unspecified atom stereocenters. The molecular weight excluding hydrogens is 368 g/mol. The normalized spacial score (nSPS) is 24.0. The molecule has 2 saturated heterocycles. The quantitative estimate of drug-likeness (QED) is 0.348. The van der Waals surface area contributed by atoms with E-state index in [4.69, 9.17) is 4.74 Å². The highest BCUT2D eigenvalue weighted by atomic mass is 32.2. The van der Waals surface area contributed by atoms with E-state index in [1.807, 2.05) is 32.5 Å². The molecule has 0 bridgehead atoms. The number of rotatable bonds is 9. The maximum atomic E-state index is 11.9. The van der Waals surface area contributed by atoms with Crippen LogP contribution >= 0.6 is 11.8 Å². The molecule has 2 aliphatic rings. The summed E-state index contributed by atoms with van der Waals surface area (Å²) in [6, 6.07) is 0.426. The molecule has 2 rings (SSSR count). The van der Waals surface area contributed by atoms with Gasteiger partial charge in [-0.1, -0.05) is 6.42 Å². The Labute approximate surface area is 165 Å². The maximum Gasteiger partial charge on any atom is 0.407 e. The summed E-state index contributed by atoms with van der Waals surface area (Å²) in [4.78, 5) is 34.7. The fourth-order valence-electron chi connectivity index (χ4n) is 3.18. The highest BCUT2D eigenvalue weighted by molar-refractivity contribution is 8.00. The molecule has 2 aliphatic heterocycles. The van der Waals surface area contributed by atoms with Crippen molar-refractivity contribution >= 4 is 29.8 Å². The molecule has 8 nitrogen and oxygen atoms in total. The molecule has 9 heteroatoms. The van der Waals surface area contributed by atoms with Crippen LogP contribution in [0.2, 0.25) is 0 Å². The fraction of sp³-hybridized carbons (Fsp3) is 0.833. The summed E-state index contributed by atoms with van der Waals surface area (Å²) < 4.78 is 5.14. The van der Waals surface area contributed by atoms with E-state index in [0.29, 0.717) is 31.2 Å². The van der Waals surface area contributed by atoms with Gasteiger partial charge < -0.3 is 26.0 Å². The van der Waals surface area contributed by atoms with Gasteiger partial charge in [0.25, 0.3) is 0 Å². The number of hydrogen-bond acceptors (Lipinski definition) is 5. The second-order valence-electron chi connectivity index (χ2n) is 8.00. The number of urea groups is 1. The molecule has 3 atom stereocenters. The van der Waals surface area contributed by atoms with Crippen LogP contribution in [-0.2, 0) is 9.53 Å². The third-order valence-electron chi connectivity index (χ3n) is 4.42. The van der Waals surface area contributed by atoms with Crippen LogP contribution < -0.4 is 21.3 Å². The van der Waals surface area contributed by atoms with E-state index >= 15 is 0 Å². The van der Waals surface area contributed by atoms with Crippen LogP contribution in [0.3, 0.4) is 0 Å². The molecule has 2 fully saturated rings. The topological polar surface area (TPSA) is 109 Å². The summed E-state index contributed by atoms with van der Waals surface area (Å²) in [6.45, 7) is 6.45. The monoisotopic (exact) mass is 400 g/mol. The van der Waals surface area contributed by atoms with E-state index in [1.54, 1.807) is 0 Å². The van der Waals surface area contributed by atoms with Crippen LogP contribution in [0.1, 0.15) is 52.9 Å². The van der Waals surface area contributed by atoms with Gasteiger partial charge >= 0.3 is 12.1 Å². The Morgan fingerprint density at radius 2 is 1.89 bits per heavy atom. The summed E-state index contributed by atoms with van der Waals surface area (Å²) >= 11 is 1.90. The number of ether oxygens (including phenoxy) is 1. The Balaban J connectivity index is 1.45. The van der Waals surface area contributed by atoms with E-state index in [9.17, 15) is 14.4 Å². The smallest absolute Gasteiger partial charge is 0.407 e. The fourth-order valence-corrected chi connectivity index (χ4v) is 4.73. The first-order valence-electron chi connectivity index (χ1n) is 9.67. The molecule has 154 valence electrons. The maximum absolute atomic E-state index is 11.9. The van der Waals surface area contributed by atoms with Crippen molar-refractivity contribution in [2.45, 2.75) is 75.8 Å². The third-order valence-corrected chi connectivity index (χ3v) is 5.93. The zero-order chi connectivity index (χ0) is 19.9. The predicted octanol–water partition coefficient (Wildman–Crippen LogP) is 1.74. The van der Waals surface area contributed by atoms with Crippen molar-refractivity contribution in [3.63, 3.8) is 0 Å². The van der Waals surface area contributed by atoms with Crippen LogP contribution in [0.15, 0.2) is 0 Å². The summed E-state index contributed by atoms with van der Waals surface area (Å²) in [7, 11) is 0. The van der Waals surface area contributed by atoms with Gasteiger partial charge in [0.15, 0.2) is 0 Å². The average molecular weight is 401 g/mol. The minimum Gasteiger partial charge on any atom is -0.444 e. The van der Waals surface area contributed by atoms with Crippen molar-refractivity contribution in [2.24, 2.45) is 0 Å². The van der Waals surface area contributed by atoms with Crippen molar-refractivity contribution in [3.8, 4) is 0 Å². The minimum absolute atomic E-state index is 0.0417. The lowest BCUT2D eigenvalue weighted by Gasteiger charge is -2.19. The first-order valence-corrected chi connectivity index (χ1v) is 10.7. The van der Waals surface area contributed by atoms with Crippen molar-refractivity contribution in [2.75, 3.05) is 18.8 Å². The molecule has 0 aromatic heterocycles. The molecular formula is C18H32N4O4S. The van der Waals surface area contributed by atoms with Gasteiger partial charge in [0.2, 0.25) is 5.91 Å². The second kappa shape index (κ2) is 10.1. The average Bonchev–Trinajstić information content (AvgIpc) is 3.09. The molecule has 0 aromatic carbocycles. The largest absolute Gasteiger partial charge is 0.444 e. The van der Waals surface area contributed by atoms with Gasteiger partial charge in [-0.2, -0.15) is 11.8 Å². The zero-order valence-corrected chi connectivity index (χ0v) is 17.2. The summed E-state index contributed by atoms with van der Waals surface area (Å²) in [5.41, 5.74) is -0.504. The number of hydrogen-bond donors (Lipinski definition) is 4. The van der Waals surface area contributed by atoms with E-state index < -0.39 is 11.7 Å². The number of unbranched alkanes of at least 4 members (excludes halogenated alkanes) is 1. The van der Waals surface area contributed by atoms with Crippen LogP contribution in [0.5, 0.6) is 0 Å². The first-order chi connectivity index (χ1) is 12.7. The number of amides is 4. The predicted molar refractivity (Wildman–Crippen MR) is 106 cm³/mol. The van der Waals surface area contributed by atoms with E-state index in [2.05, 4.69) is 21.3 Å². The van der Waals surface area contributed by atoms with Gasteiger partial charge in [-0.3, -0.25) is 4.79 Å². The Hall–Kier alpha value is -1.64. The van der Waals surface area contributed by atoms with Crippen molar-refractivity contribution in [1.29, 1.82) is 0 Å². The van der Waals surface area contributed by atoms with E-state index in [-0.39, 0.29) is 24.0 Å². The van der Waals surface area contributed by atoms with Crippen molar-refractivity contribution in [1.82, 2.24) is 21.3 Å². The van der Waals surface area contributed by atoms with Crippen LogP contribution in [0.25, 0.3) is 0 Å². The highest BCUT2D eigenvalue weighted by Gasteiger charge is 2.42. The lowest BCUT2D eigenvalue weighted by Crippen LogP contribution is -2.36. The minimum atomic E-state index is -0.504. The van der Waals surface area contributed by atoms with Crippen LogP contribution in [-0.4, -0.2) is 59.8 Å². The number of carbonyl (C=O) groups is 3. The summed E-state index contributed by atoms with van der Waals surface area (Å²) in [5.74, 6) is 1.01. The number of fused-ring (bicyclic) bond motifs is 1. The molecule has 0 aromatic rings. The standard InChI is InChI=1S/C18H32N4O4S/c1-18(2,3)26-17(25)20-10-6-9-19-14(23)8-5-4-7-13-15-12(11-27-13)21-16(24)22-15/h12-13,15H,4-11H2,1-3H3,(H,19,23)(H,20,25)(H2,21,22,24)/t12-,13+,15-/m1/s1. The number of carbonyl (C=O) groups excluding carboxylic acids is 3. The number of thioether (sulfide) groups is 1. The Morgan fingerprint density at radius 1 is 1.15 bits per heavy atom. The van der Waals surface area contributed by atoms with Gasteiger partial charge in [0.1, 0.15) is 5.60 Å². The number of nitrogens with one attached hydrogen (secondary N) is 4. The van der Waals surface area contributed by atoms with Gasteiger partial charge in [0, 0.05) is 30.5 Å². The molecule has 0 spiro atoms. The molecule has 27 heavy (non-hydrogen) atoms. The van der Waals surface area contributed by atoms with Crippen LogP contribution in [0.4, 0.5) is 9.59 Å². The van der Waals surface area contributed by atoms with Crippen molar-refractivity contribution in [3.05, 3.63) is 0 Å². The zero-order valence-electron chi connectivity index (χ0n) is 16.4. The van der Waals surface area contributed by atoms with Gasteiger partial charge in [-0.25, -0.2) is 9.59 Å². The second-order valence-corrected chi connectivity index (χ2v) is 9.27. The molecule has 0 saturated carbocycles. The summed E-state index contributed by atoms with van der Waals surface area (Å²) in [6.07, 6.45) is 3.58. The number of alkyl carbamates (subject to hydrolysis) is 1. The Bertz CT molecular complexity index is 538. The SMILES string of the molecule is CC(C)(C)OC(=O)NCCCNC(=O)CCCC[C@@H]1SC[C@H]2NC(=O)N[C@@H]12. The van der Waals surface area contributed by atoms with Gasteiger partial charge in [-0.05, 0) is 40.0 Å². The lowest BCUT2D eigenvalue weighted by atomic mass is 10.0. The lowest BCUT2D eigenvalue weighted by molar-refractivity contribution is -0.121. The van der Waals surface area contributed by atoms with E-state index in [1.165, 1.54) is 0 Å². The van der Waals surface area contributed by atoms with Gasteiger partial charge in [-0.15, -0.1) is 0 Å². The Morgan fingerprint density at radius 3 is 2.63 bits per heavy atom. The molecule has 2 heterocycles. The van der Waals surface area contributed by atoms with Gasteiger partial charge in [0.05, 0.1) is 12.1 Å². The third kappa shape index (κ3) is 7.86. The molecule has 0 aliphatic carbocycles. The molecule has 0 radical (unpaired) electrons. The molecule has 4 amide bonds.